The molecule has 0 saturated carbocycles. The summed E-state index contributed by atoms with van der Waals surface area (Å²) in [7, 11) is 0. The van der Waals surface area contributed by atoms with Gasteiger partial charge < -0.3 is 15.3 Å². The average Bonchev–Trinajstić information content (AvgIpc) is 2.74. The first kappa shape index (κ1) is 21.3. The van der Waals surface area contributed by atoms with Gasteiger partial charge in [-0.2, -0.15) is 0 Å². The zero-order valence-corrected chi connectivity index (χ0v) is 16.5. The number of hydrogen-bond donors (Lipinski definition) is 3. The lowest BCUT2D eigenvalue weighted by Gasteiger charge is -2.13. The highest BCUT2D eigenvalue weighted by molar-refractivity contribution is 5.91. The first-order valence-corrected chi connectivity index (χ1v) is 9.58. The number of aliphatic hydroxyl groups is 2. The second kappa shape index (κ2) is 9.37. The van der Waals surface area contributed by atoms with E-state index in [1.54, 1.807) is 36.4 Å². The Balaban J connectivity index is 1.67. The maximum absolute atomic E-state index is 10.7. The van der Waals surface area contributed by atoms with E-state index in [9.17, 15) is 25.4 Å². The van der Waals surface area contributed by atoms with E-state index < -0.39 is 17.1 Å². The molecule has 0 unspecified atom stereocenters. The van der Waals surface area contributed by atoms with Gasteiger partial charge in [0, 0.05) is 30.4 Å². The summed E-state index contributed by atoms with van der Waals surface area (Å²) in [5.74, 6) is 0.174. The standard InChI is InChI=1S/C24H23NO5/c1-16(15-24(28)17-9-11-18(12-10-17)25(29)30)5-4-8-22(26)21-13-14-23(27)20-7-3-2-6-19(20)21/h2-4,6-7,9-14,22,24,26-28H,8,15H2,1H3/t5?,22-,24-/m1/s1. The van der Waals surface area contributed by atoms with E-state index in [4.69, 9.17) is 0 Å². The molecule has 0 amide bonds. The highest BCUT2D eigenvalue weighted by Gasteiger charge is 2.13. The van der Waals surface area contributed by atoms with Crippen LogP contribution < -0.4 is 0 Å². The summed E-state index contributed by atoms with van der Waals surface area (Å²) < 4.78 is 0. The van der Waals surface area contributed by atoms with Gasteiger partial charge in [-0.3, -0.25) is 10.1 Å². The maximum Gasteiger partial charge on any atom is 0.269 e. The molecule has 30 heavy (non-hydrogen) atoms. The first-order chi connectivity index (χ1) is 14.4. The van der Waals surface area contributed by atoms with Crippen molar-refractivity contribution in [3.63, 3.8) is 0 Å². The van der Waals surface area contributed by atoms with Crippen molar-refractivity contribution in [2.45, 2.75) is 32.0 Å². The molecule has 0 radical (unpaired) electrons. The number of phenols is 1. The molecule has 6 nitrogen and oxygen atoms in total. The van der Waals surface area contributed by atoms with Crippen LogP contribution in [0.5, 0.6) is 5.75 Å². The fourth-order valence-electron chi connectivity index (χ4n) is 3.35. The predicted octanol–water partition coefficient (Wildman–Crippen LogP) is 5.10. The van der Waals surface area contributed by atoms with Crippen LogP contribution in [-0.4, -0.2) is 20.2 Å². The Kier molecular flexibility index (Phi) is 6.65. The van der Waals surface area contributed by atoms with Gasteiger partial charge in [0.1, 0.15) is 5.75 Å². The van der Waals surface area contributed by atoms with Gasteiger partial charge in [-0.05, 0) is 53.3 Å². The van der Waals surface area contributed by atoms with E-state index in [0.29, 0.717) is 23.8 Å². The number of non-ortho nitro benzene ring substituents is 1. The Morgan fingerprint density at radius 1 is 1.03 bits per heavy atom. The van der Waals surface area contributed by atoms with Crippen molar-refractivity contribution < 1.29 is 20.2 Å². The predicted molar refractivity (Wildman–Crippen MR) is 115 cm³/mol. The van der Waals surface area contributed by atoms with Gasteiger partial charge in [0.2, 0.25) is 0 Å². The van der Waals surface area contributed by atoms with Crippen LogP contribution >= 0.6 is 0 Å². The van der Waals surface area contributed by atoms with Crippen molar-refractivity contribution >= 4 is 16.5 Å². The van der Waals surface area contributed by atoms with Crippen molar-refractivity contribution in [2.75, 3.05) is 0 Å². The Morgan fingerprint density at radius 2 is 1.70 bits per heavy atom. The number of aliphatic hydroxyl groups excluding tert-OH is 2. The molecule has 0 aliphatic heterocycles. The molecule has 0 saturated heterocycles. The summed E-state index contributed by atoms with van der Waals surface area (Å²) in [5.41, 5.74) is 5.18. The molecule has 3 rings (SSSR count). The van der Waals surface area contributed by atoms with E-state index in [1.807, 2.05) is 25.1 Å². The van der Waals surface area contributed by atoms with Crippen LogP contribution in [0.25, 0.3) is 10.8 Å². The second-order valence-electron chi connectivity index (χ2n) is 7.17. The average molecular weight is 405 g/mol. The molecule has 0 bridgehead atoms. The van der Waals surface area contributed by atoms with Gasteiger partial charge in [-0.25, -0.2) is 0 Å². The van der Waals surface area contributed by atoms with E-state index in [0.717, 1.165) is 16.5 Å². The molecule has 0 fully saturated rings. The molecule has 0 aliphatic carbocycles. The zero-order chi connectivity index (χ0) is 21.7. The molecule has 3 N–H and O–H groups in total. The Hall–Kier alpha value is -3.44. The number of rotatable bonds is 7. The van der Waals surface area contributed by atoms with Gasteiger partial charge in [0.25, 0.3) is 5.69 Å². The van der Waals surface area contributed by atoms with Crippen LogP contribution in [0.4, 0.5) is 5.69 Å². The minimum absolute atomic E-state index is 0.0196. The lowest BCUT2D eigenvalue weighted by Crippen LogP contribution is -1.98. The third kappa shape index (κ3) is 4.93. The molecular formula is C24H23NO5. The van der Waals surface area contributed by atoms with Gasteiger partial charge in [0.05, 0.1) is 17.1 Å². The summed E-state index contributed by atoms with van der Waals surface area (Å²) in [6, 6.07) is 16.5. The van der Waals surface area contributed by atoms with E-state index >= 15 is 0 Å². The largest absolute Gasteiger partial charge is 0.507 e. The first-order valence-electron chi connectivity index (χ1n) is 9.58. The van der Waals surface area contributed by atoms with Crippen LogP contribution in [0.2, 0.25) is 0 Å². The van der Waals surface area contributed by atoms with Crippen LogP contribution in [0, 0.1) is 10.1 Å². The van der Waals surface area contributed by atoms with Crippen molar-refractivity contribution in [3.8, 4) is 5.75 Å². The van der Waals surface area contributed by atoms with Crippen LogP contribution in [0.15, 0.2) is 78.0 Å². The van der Waals surface area contributed by atoms with Gasteiger partial charge in [-0.1, -0.05) is 30.3 Å². The minimum atomic E-state index is -0.794. The Labute approximate surface area is 174 Å². The third-order valence-electron chi connectivity index (χ3n) is 4.97. The molecule has 0 aromatic heterocycles. The van der Waals surface area contributed by atoms with Gasteiger partial charge in [0.15, 0.2) is 0 Å². The number of nitrogens with zero attached hydrogens (tertiary/aromatic N) is 1. The number of nitro groups is 1. The highest BCUT2D eigenvalue weighted by atomic mass is 16.6. The molecule has 0 spiro atoms. The van der Waals surface area contributed by atoms with E-state index in [1.165, 1.54) is 12.1 Å². The topological polar surface area (TPSA) is 104 Å². The third-order valence-corrected chi connectivity index (χ3v) is 4.97. The van der Waals surface area contributed by atoms with Crippen molar-refractivity contribution in [1.29, 1.82) is 0 Å². The molecule has 154 valence electrons. The number of phenolic OH excluding ortho intramolecular Hbond substituents is 1. The second-order valence-corrected chi connectivity index (χ2v) is 7.17. The van der Waals surface area contributed by atoms with Crippen LogP contribution in [-0.2, 0) is 0 Å². The summed E-state index contributed by atoms with van der Waals surface area (Å²) in [4.78, 5) is 10.2. The van der Waals surface area contributed by atoms with Crippen LogP contribution in [0.3, 0.4) is 0 Å². The number of aromatic hydroxyl groups is 1. The normalized spacial score (nSPS) is 12.8. The Bertz CT molecular complexity index is 1110. The smallest absolute Gasteiger partial charge is 0.269 e. The monoisotopic (exact) mass is 405 g/mol. The number of nitro benzene ring substituents is 1. The molecule has 0 aliphatic rings. The summed E-state index contributed by atoms with van der Waals surface area (Å²) in [6.45, 7) is 1.83. The lowest BCUT2D eigenvalue weighted by atomic mass is 9.98. The zero-order valence-electron chi connectivity index (χ0n) is 16.5. The molecular weight excluding hydrogens is 382 g/mol. The fraction of sp³-hybridized carbons (Fsp3) is 0.208. The van der Waals surface area contributed by atoms with Gasteiger partial charge in [-0.15, -0.1) is 5.73 Å². The molecule has 0 heterocycles. The molecule has 3 aromatic carbocycles. The van der Waals surface area contributed by atoms with Crippen molar-refractivity contribution in [2.24, 2.45) is 0 Å². The van der Waals surface area contributed by atoms with Crippen molar-refractivity contribution in [1.82, 2.24) is 0 Å². The highest BCUT2D eigenvalue weighted by Crippen LogP contribution is 2.32. The summed E-state index contributed by atoms with van der Waals surface area (Å²) >= 11 is 0. The van der Waals surface area contributed by atoms with E-state index in [2.05, 4.69) is 5.73 Å². The SMILES string of the molecule is CC(=C=CC[C@@H](O)c1ccc(O)c2ccccc12)C[C@@H](O)c1ccc([N+](=O)[O-])cc1. The van der Waals surface area contributed by atoms with Crippen molar-refractivity contribution in [3.05, 3.63) is 99.3 Å². The number of fused-ring (bicyclic) bond motifs is 1. The quantitative estimate of drug-likeness (QED) is 0.288. The summed E-state index contributed by atoms with van der Waals surface area (Å²) in [6.07, 6.45) is 0.837. The lowest BCUT2D eigenvalue weighted by molar-refractivity contribution is -0.384. The fourth-order valence-corrected chi connectivity index (χ4v) is 3.35. The minimum Gasteiger partial charge on any atom is -0.507 e. The molecule has 6 heteroatoms. The van der Waals surface area contributed by atoms with Gasteiger partial charge >= 0.3 is 0 Å². The molecule has 3 aromatic rings. The van der Waals surface area contributed by atoms with Crippen LogP contribution in [0.1, 0.15) is 43.1 Å². The summed E-state index contributed by atoms with van der Waals surface area (Å²) in [5, 5.41) is 43.1. The molecule has 2 atom stereocenters. The number of benzene rings is 3. The number of hydrogen-bond acceptors (Lipinski definition) is 5. The Morgan fingerprint density at radius 3 is 2.37 bits per heavy atom. The maximum atomic E-state index is 10.7. The van der Waals surface area contributed by atoms with E-state index in [-0.39, 0.29) is 11.4 Å².